The SMILES string of the molecule is CCC(c1nc2ccccc2c(=O)n1-c1ccc(Br)cc1)N(CCC(C)C)C(=O)c1ccc(Cl)cc1. The summed E-state index contributed by atoms with van der Waals surface area (Å²) in [4.78, 5) is 34.5. The van der Waals surface area contributed by atoms with E-state index in [2.05, 4.69) is 29.8 Å². The minimum atomic E-state index is -0.409. The van der Waals surface area contributed by atoms with E-state index in [9.17, 15) is 9.59 Å². The zero-order valence-electron chi connectivity index (χ0n) is 20.6. The molecule has 0 aliphatic carbocycles. The minimum Gasteiger partial charge on any atom is -0.328 e. The van der Waals surface area contributed by atoms with Crippen molar-refractivity contribution in [1.82, 2.24) is 14.5 Å². The lowest BCUT2D eigenvalue weighted by Crippen LogP contribution is -2.39. The summed E-state index contributed by atoms with van der Waals surface area (Å²) in [6.45, 7) is 6.84. The second kappa shape index (κ2) is 11.4. The molecule has 4 aromatic rings. The Bertz CT molecular complexity index is 1420. The molecule has 1 aromatic heterocycles. The van der Waals surface area contributed by atoms with Crippen molar-refractivity contribution < 1.29 is 4.79 Å². The van der Waals surface area contributed by atoms with E-state index in [1.807, 2.05) is 54.3 Å². The van der Waals surface area contributed by atoms with Crippen molar-refractivity contribution in [2.45, 2.75) is 39.7 Å². The fraction of sp³-hybridized carbons (Fsp3) is 0.276. The van der Waals surface area contributed by atoms with Crippen molar-refractivity contribution in [3.05, 3.63) is 104 Å². The number of carbonyl (C=O) groups is 1. The maximum Gasteiger partial charge on any atom is 0.266 e. The van der Waals surface area contributed by atoms with Gasteiger partial charge in [-0.2, -0.15) is 0 Å². The molecule has 7 heteroatoms. The summed E-state index contributed by atoms with van der Waals surface area (Å²) < 4.78 is 2.57. The van der Waals surface area contributed by atoms with Gasteiger partial charge in [0.2, 0.25) is 0 Å². The van der Waals surface area contributed by atoms with E-state index in [1.54, 1.807) is 34.9 Å². The number of rotatable bonds is 8. The largest absolute Gasteiger partial charge is 0.328 e. The fourth-order valence-corrected chi connectivity index (χ4v) is 4.70. The van der Waals surface area contributed by atoms with Crippen LogP contribution < -0.4 is 5.56 Å². The maximum absolute atomic E-state index is 13.8. The number of carbonyl (C=O) groups excluding carboxylic acids is 1. The van der Waals surface area contributed by atoms with E-state index in [4.69, 9.17) is 16.6 Å². The van der Waals surface area contributed by atoms with E-state index in [0.717, 1.165) is 10.9 Å². The normalized spacial score (nSPS) is 12.2. The quantitative estimate of drug-likeness (QED) is 0.223. The van der Waals surface area contributed by atoms with Crippen LogP contribution in [0.3, 0.4) is 0 Å². The molecule has 3 aromatic carbocycles. The number of halogens is 2. The number of para-hydroxylation sites is 1. The number of nitrogens with zero attached hydrogens (tertiary/aromatic N) is 3. The molecular weight excluding hydrogens is 538 g/mol. The van der Waals surface area contributed by atoms with E-state index in [0.29, 0.717) is 51.9 Å². The summed E-state index contributed by atoms with van der Waals surface area (Å²) in [6, 6.07) is 21.5. The van der Waals surface area contributed by atoms with Crippen molar-refractivity contribution in [2.24, 2.45) is 5.92 Å². The third kappa shape index (κ3) is 5.55. The van der Waals surface area contributed by atoms with Gasteiger partial charge in [0, 0.05) is 21.6 Å². The zero-order valence-corrected chi connectivity index (χ0v) is 23.0. The number of benzene rings is 3. The summed E-state index contributed by atoms with van der Waals surface area (Å²) in [7, 11) is 0. The molecule has 36 heavy (non-hydrogen) atoms. The lowest BCUT2D eigenvalue weighted by Gasteiger charge is -2.33. The van der Waals surface area contributed by atoms with Crippen LogP contribution in [0.25, 0.3) is 16.6 Å². The molecule has 0 saturated heterocycles. The molecule has 1 heterocycles. The highest BCUT2D eigenvalue weighted by Crippen LogP contribution is 2.29. The molecule has 0 fully saturated rings. The zero-order chi connectivity index (χ0) is 25.8. The lowest BCUT2D eigenvalue weighted by atomic mass is 10.0. The Hall–Kier alpha value is -2.96. The molecule has 0 bridgehead atoms. The van der Waals surface area contributed by atoms with Gasteiger partial charge in [-0.3, -0.25) is 14.2 Å². The Morgan fingerprint density at radius 2 is 1.69 bits per heavy atom. The van der Waals surface area contributed by atoms with Crippen molar-refractivity contribution >= 4 is 44.3 Å². The third-order valence-electron chi connectivity index (χ3n) is 6.25. The lowest BCUT2D eigenvalue weighted by molar-refractivity contribution is 0.0648. The van der Waals surface area contributed by atoms with Gasteiger partial charge in [0.25, 0.3) is 11.5 Å². The first kappa shape index (κ1) is 26.1. The van der Waals surface area contributed by atoms with Crippen molar-refractivity contribution in [3.8, 4) is 5.69 Å². The van der Waals surface area contributed by atoms with E-state index in [1.165, 1.54) is 0 Å². The van der Waals surface area contributed by atoms with Crippen LogP contribution >= 0.6 is 27.5 Å². The summed E-state index contributed by atoms with van der Waals surface area (Å²) >= 11 is 9.56. The Balaban J connectivity index is 1.92. The van der Waals surface area contributed by atoms with Crippen LogP contribution in [0.15, 0.2) is 82.1 Å². The van der Waals surface area contributed by atoms with Gasteiger partial charge < -0.3 is 4.90 Å². The maximum atomic E-state index is 13.8. The van der Waals surface area contributed by atoms with Crippen LogP contribution in [0, 0.1) is 5.92 Å². The highest BCUT2D eigenvalue weighted by atomic mass is 79.9. The highest BCUT2D eigenvalue weighted by Gasteiger charge is 2.29. The standard InChI is InChI=1S/C29H29BrClN3O2/c1-4-26(33(18-17-19(2)3)28(35)20-9-13-22(31)14-10-20)27-32-25-8-6-5-7-24(25)29(36)34(27)23-15-11-21(30)12-16-23/h5-16,19,26H,4,17-18H2,1-3H3. The second-order valence-electron chi connectivity index (χ2n) is 9.22. The van der Waals surface area contributed by atoms with Crippen LogP contribution in [0.5, 0.6) is 0 Å². The Morgan fingerprint density at radius 3 is 2.33 bits per heavy atom. The first-order chi connectivity index (χ1) is 17.3. The monoisotopic (exact) mass is 565 g/mol. The molecule has 0 saturated carbocycles. The Morgan fingerprint density at radius 1 is 1.03 bits per heavy atom. The number of fused-ring (bicyclic) bond motifs is 1. The van der Waals surface area contributed by atoms with Crippen LogP contribution in [-0.4, -0.2) is 26.9 Å². The van der Waals surface area contributed by atoms with Crippen LogP contribution in [0.1, 0.15) is 55.8 Å². The minimum absolute atomic E-state index is 0.107. The van der Waals surface area contributed by atoms with Crippen molar-refractivity contribution in [1.29, 1.82) is 0 Å². The summed E-state index contributed by atoms with van der Waals surface area (Å²) in [5.41, 5.74) is 1.73. The molecular formula is C29H29BrClN3O2. The Labute approximate surface area is 224 Å². The van der Waals surface area contributed by atoms with E-state index >= 15 is 0 Å². The van der Waals surface area contributed by atoms with Gasteiger partial charge in [-0.05, 0) is 79.4 Å². The third-order valence-corrected chi connectivity index (χ3v) is 7.03. The molecule has 186 valence electrons. The molecule has 0 radical (unpaired) electrons. The molecule has 1 amide bonds. The average Bonchev–Trinajstić information content (AvgIpc) is 2.87. The van der Waals surface area contributed by atoms with Crippen molar-refractivity contribution in [3.63, 3.8) is 0 Å². The molecule has 0 aliphatic rings. The van der Waals surface area contributed by atoms with Crippen molar-refractivity contribution in [2.75, 3.05) is 6.54 Å². The molecule has 1 unspecified atom stereocenters. The first-order valence-corrected chi connectivity index (χ1v) is 13.3. The summed E-state index contributed by atoms with van der Waals surface area (Å²) in [5, 5.41) is 1.12. The van der Waals surface area contributed by atoms with E-state index < -0.39 is 6.04 Å². The predicted octanol–water partition coefficient (Wildman–Crippen LogP) is 7.44. The molecule has 1 atom stereocenters. The number of hydrogen-bond acceptors (Lipinski definition) is 3. The predicted molar refractivity (Wildman–Crippen MR) is 150 cm³/mol. The number of amides is 1. The van der Waals surface area contributed by atoms with Gasteiger partial charge in [-0.25, -0.2) is 4.98 Å². The van der Waals surface area contributed by atoms with Gasteiger partial charge in [0.15, 0.2) is 0 Å². The van der Waals surface area contributed by atoms with Gasteiger partial charge in [-0.1, -0.05) is 60.4 Å². The van der Waals surface area contributed by atoms with Crippen LogP contribution in [0.2, 0.25) is 5.02 Å². The molecule has 0 spiro atoms. The van der Waals surface area contributed by atoms with Gasteiger partial charge in [0.05, 0.1) is 22.6 Å². The topological polar surface area (TPSA) is 55.2 Å². The highest BCUT2D eigenvalue weighted by molar-refractivity contribution is 9.10. The van der Waals surface area contributed by atoms with Crippen LogP contribution in [-0.2, 0) is 0 Å². The number of aromatic nitrogens is 2. The summed E-state index contributed by atoms with van der Waals surface area (Å²) in [6.07, 6.45) is 1.42. The molecule has 5 nitrogen and oxygen atoms in total. The molecule has 4 rings (SSSR count). The molecule has 0 aliphatic heterocycles. The Kier molecular flexibility index (Phi) is 8.27. The first-order valence-electron chi connectivity index (χ1n) is 12.1. The second-order valence-corrected chi connectivity index (χ2v) is 10.6. The smallest absolute Gasteiger partial charge is 0.266 e. The fourth-order valence-electron chi connectivity index (χ4n) is 4.31. The number of hydrogen-bond donors (Lipinski definition) is 0. The van der Waals surface area contributed by atoms with Crippen LogP contribution in [0.4, 0.5) is 0 Å². The summed E-state index contributed by atoms with van der Waals surface area (Å²) in [5.74, 6) is 0.847. The average molecular weight is 567 g/mol. The molecule has 0 N–H and O–H groups in total. The van der Waals surface area contributed by atoms with Gasteiger partial charge in [-0.15, -0.1) is 0 Å². The van der Waals surface area contributed by atoms with E-state index in [-0.39, 0.29) is 11.5 Å². The van der Waals surface area contributed by atoms with Gasteiger partial charge in [0.1, 0.15) is 5.82 Å². The van der Waals surface area contributed by atoms with Gasteiger partial charge >= 0.3 is 0 Å².